The molecule has 194 valence electrons. The first-order valence-electron chi connectivity index (χ1n) is 12.0. The molecule has 2 N–H and O–H groups in total. The molecule has 0 bridgehead atoms. The minimum atomic E-state index is -4.41. The Morgan fingerprint density at radius 3 is 2.34 bits per heavy atom. The number of aromatic nitrogens is 1. The number of nitrogens with zero attached hydrogens (tertiary/aromatic N) is 1. The summed E-state index contributed by atoms with van der Waals surface area (Å²) < 4.78 is 38.3. The molecule has 0 fully saturated rings. The van der Waals surface area contributed by atoms with Crippen molar-refractivity contribution in [1.82, 2.24) is 10.3 Å². The zero-order valence-corrected chi connectivity index (χ0v) is 20.9. The molecule has 0 saturated heterocycles. The van der Waals surface area contributed by atoms with Gasteiger partial charge in [0.15, 0.2) is 0 Å². The number of carbonyl (C=O) groups is 2. The molecule has 0 aliphatic rings. The van der Waals surface area contributed by atoms with Gasteiger partial charge in [0.25, 0.3) is 0 Å². The number of hydrogen-bond acceptors (Lipinski definition) is 3. The zero-order chi connectivity index (χ0) is 27.3. The van der Waals surface area contributed by atoms with Crippen molar-refractivity contribution in [2.45, 2.75) is 38.4 Å². The van der Waals surface area contributed by atoms with Gasteiger partial charge in [-0.2, -0.15) is 0 Å². The van der Waals surface area contributed by atoms with Crippen molar-refractivity contribution in [3.8, 4) is 11.3 Å². The third kappa shape index (κ3) is 6.98. The minimum absolute atomic E-state index is 0.0809. The summed E-state index contributed by atoms with van der Waals surface area (Å²) in [5.74, 6) is -1.21. The summed E-state index contributed by atoms with van der Waals surface area (Å²) in [5.41, 5.74) is 3.45. The summed E-state index contributed by atoms with van der Waals surface area (Å²) in [4.78, 5) is 28.5. The molecule has 10 heteroatoms. The second-order valence-corrected chi connectivity index (χ2v) is 9.33. The van der Waals surface area contributed by atoms with E-state index in [1.54, 1.807) is 30.3 Å². The quantitative estimate of drug-likeness (QED) is 0.234. The Morgan fingerprint density at radius 1 is 0.974 bits per heavy atom. The van der Waals surface area contributed by atoms with Crippen LogP contribution in [0.2, 0.25) is 5.02 Å². The Balaban J connectivity index is 1.55. The standard InChI is InChI=1S/C28H23BClF3N2O3/c30-21-12-7-18(8-13-21)26-22(3-1-2-4-25(36)37)29-23-15-19(9-14-24(23)35-26)27(38)34-16-17-5-10-20(11-6-17)28(31,32)33/h5-15H,1-4,16H2,(H,34,38)(H,36,37). The van der Waals surface area contributed by atoms with Crippen molar-refractivity contribution in [2.75, 3.05) is 0 Å². The van der Waals surface area contributed by atoms with Gasteiger partial charge in [0, 0.05) is 0 Å². The first kappa shape index (κ1) is 27.3. The number of carboxylic acid groups (broad SMARTS) is 1. The number of unbranched alkanes of at least 4 members (excludes halogenated alkanes) is 1. The second-order valence-electron chi connectivity index (χ2n) is 8.89. The van der Waals surface area contributed by atoms with Crippen LogP contribution in [0.1, 0.15) is 46.2 Å². The van der Waals surface area contributed by atoms with Gasteiger partial charge in [0.05, 0.1) is 0 Å². The number of alkyl halides is 3. The van der Waals surface area contributed by atoms with Crippen LogP contribution in [-0.2, 0) is 23.9 Å². The van der Waals surface area contributed by atoms with Gasteiger partial charge >= 0.3 is 223 Å². The van der Waals surface area contributed by atoms with Crippen molar-refractivity contribution in [2.24, 2.45) is 0 Å². The van der Waals surface area contributed by atoms with Crippen molar-refractivity contribution >= 4 is 41.2 Å². The van der Waals surface area contributed by atoms with Gasteiger partial charge in [0.1, 0.15) is 0 Å². The van der Waals surface area contributed by atoms with Crippen LogP contribution in [-0.4, -0.2) is 28.9 Å². The molecule has 1 heterocycles. The number of aliphatic carboxylic acids is 1. The normalized spacial score (nSPS) is 11.4. The number of rotatable bonds is 9. The van der Waals surface area contributed by atoms with Gasteiger partial charge in [-0.05, 0) is 0 Å². The van der Waals surface area contributed by atoms with Crippen LogP contribution >= 0.6 is 11.6 Å². The van der Waals surface area contributed by atoms with Crippen LogP contribution < -0.4 is 5.32 Å². The number of nitrogens with one attached hydrogen (secondary N) is 1. The molecule has 4 aromatic rings. The summed E-state index contributed by atoms with van der Waals surface area (Å²) in [6.07, 6.45) is -2.53. The van der Waals surface area contributed by atoms with Crippen molar-refractivity contribution in [3.05, 3.63) is 93.9 Å². The predicted molar refractivity (Wildman–Crippen MR) is 141 cm³/mol. The molecule has 0 radical (unpaired) electrons. The van der Waals surface area contributed by atoms with Gasteiger partial charge in [-0.15, -0.1) is 0 Å². The average Bonchev–Trinajstić information content (AvgIpc) is 2.89. The van der Waals surface area contributed by atoms with E-state index in [-0.39, 0.29) is 18.9 Å². The SMILES string of the molecule is O=C(O)CCCCc1bc2cc(C(=O)NCc3ccc(C(F)(F)F)cc3)ccc2nc1-c1ccc(Cl)cc1. The monoisotopic (exact) mass is 538 g/mol. The van der Waals surface area contributed by atoms with Gasteiger partial charge in [-0.3, -0.25) is 0 Å². The molecule has 1 aromatic heterocycles. The van der Waals surface area contributed by atoms with E-state index in [1.807, 2.05) is 19.0 Å². The number of hydrogen-bond donors (Lipinski definition) is 2. The van der Waals surface area contributed by atoms with E-state index >= 15 is 0 Å². The number of fused-ring (bicyclic) bond motifs is 1. The summed E-state index contributed by atoms with van der Waals surface area (Å²) in [7, 11) is 0. The Bertz CT molecular complexity index is 1460. The van der Waals surface area contributed by atoms with E-state index in [0.717, 1.165) is 34.1 Å². The molecule has 3 aromatic carbocycles. The zero-order valence-electron chi connectivity index (χ0n) is 20.2. The Labute approximate surface area is 222 Å². The molecule has 0 aliphatic carbocycles. The molecular formula is C28H23BClF3N2O3. The Hall–Kier alpha value is -3.72. The van der Waals surface area contributed by atoms with E-state index in [4.69, 9.17) is 21.7 Å². The molecule has 0 aliphatic heterocycles. The summed E-state index contributed by atoms with van der Waals surface area (Å²) in [5, 5.41) is 13.0. The second kappa shape index (κ2) is 11.8. The molecule has 0 unspecified atom stereocenters. The van der Waals surface area contributed by atoms with E-state index < -0.39 is 17.7 Å². The molecule has 4 rings (SSSR count). The fourth-order valence-electron chi connectivity index (χ4n) is 4.10. The summed E-state index contributed by atoms with van der Waals surface area (Å²) >= 11 is 6.04. The average molecular weight is 539 g/mol. The first-order valence-corrected chi connectivity index (χ1v) is 12.3. The molecular weight excluding hydrogens is 516 g/mol. The number of carboxylic acids is 1. The maximum atomic E-state index is 12.8. The number of benzene rings is 3. The fraction of sp³-hybridized carbons (Fsp3) is 0.214. The fourth-order valence-corrected chi connectivity index (χ4v) is 4.22. The van der Waals surface area contributed by atoms with Crippen LogP contribution in [0.25, 0.3) is 22.1 Å². The third-order valence-electron chi connectivity index (χ3n) is 6.09. The van der Waals surface area contributed by atoms with Crippen LogP contribution in [0.4, 0.5) is 13.2 Å². The van der Waals surface area contributed by atoms with Crippen molar-refractivity contribution < 1.29 is 27.9 Å². The van der Waals surface area contributed by atoms with E-state index in [2.05, 4.69) is 5.32 Å². The summed E-state index contributed by atoms with van der Waals surface area (Å²) in [6, 6.07) is 17.1. The molecule has 0 atom stereocenters. The van der Waals surface area contributed by atoms with Crippen molar-refractivity contribution in [1.29, 1.82) is 0 Å². The third-order valence-corrected chi connectivity index (χ3v) is 6.35. The summed E-state index contributed by atoms with van der Waals surface area (Å²) in [6.45, 7) is 2.04. The van der Waals surface area contributed by atoms with Gasteiger partial charge in [0.2, 0.25) is 0 Å². The first-order chi connectivity index (χ1) is 18.1. The molecule has 0 spiro atoms. The van der Waals surface area contributed by atoms with Crippen LogP contribution in [0, 0.1) is 0 Å². The maximum absolute atomic E-state index is 12.8. The number of carbonyl (C=O) groups excluding carboxylic acids is 1. The number of aryl methyl sites for hydroxylation is 1. The van der Waals surface area contributed by atoms with E-state index in [0.29, 0.717) is 40.9 Å². The molecule has 5 nitrogen and oxygen atoms in total. The molecule has 0 saturated carbocycles. The topological polar surface area (TPSA) is 79.3 Å². The van der Waals surface area contributed by atoms with Gasteiger partial charge in [-0.1, -0.05) is 0 Å². The number of amides is 1. The predicted octanol–water partition coefficient (Wildman–Crippen LogP) is 6.64. The Kier molecular flexibility index (Phi) is 8.47. The van der Waals surface area contributed by atoms with E-state index in [9.17, 15) is 22.8 Å². The van der Waals surface area contributed by atoms with Gasteiger partial charge < -0.3 is 0 Å². The van der Waals surface area contributed by atoms with Crippen LogP contribution in [0.15, 0.2) is 66.7 Å². The Morgan fingerprint density at radius 2 is 1.68 bits per heavy atom. The van der Waals surface area contributed by atoms with Crippen LogP contribution in [0.3, 0.4) is 0 Å². The van der Waals surface area contributed by atoms with E-state index in [1.165, 1.54) is 12.1 Å². The van der Waals surface area contributed by atoms with Crippen LogP contribution in [0.5, 0.6) is 0 Å². The number of halogens is 4. The molecule has 38 heavy (non-hydrogen) atoms. The van der Waals surface area contributed by atoms with Gasteiger partial charge in [-0.25, -0.2) is 0 Å². The molecule has 1 amide bonds. The van der Waals surface area contributed by atoms with Crippen molar-refractivity contribution in [3.63, 3.8) is 0 Å².